The van der Waals surface area contributed by atoms with Gasteiger partial charge in [0.05, 0.1) is 24.7 Å². The summed E-state index contributed by atoms with van der Waals surface area (Å²) in [6.45, 7) is 5.25. The van der Waals surface area contributed by atoms with Crippen LogP contribution < -0.4 is 10.2 Å². The molecule has 0 fully saturated rings. The van der Waals surface area contributed by atoms with E-state index in [2.05, 4.69) is 33.3 Å². The fourth-order valence-electron chi connectivity index (χ4n) is 1.94. The van der Waals surface area contributed by atoms with Crippen LogP contribution in [0.15, 0.2) is 30.7 Å². The fraction of sp³-hybridized carbons (Fsp3) is 0.467. The molecular weight excluding hydrogens is 266 g/mol. The van der Waals surface area contributed by atoms with Crippen LogP contribution in [0.2, 0.25) is 0 Å². The van der Waals surface area contributed by atoms with Crippen molar-refractivity contribution >= 4 is 11.5 Å². The van der Waals surface area contributed by atoms with Crippen molar-refractivity contribution < 1.29 is 4.74 Å². The summed E-state index contributed by atoms with van der Waals surface area (Å²) in [5.41, 5.74) is 2.23. The predicted molar refractivity (Wildman–Crippen MR) is 84.6 cm³/mol. The summed E-state index contributed by atoms with van der Waals surface area (Å²) >= 11 is 0. The number of aromatic nitrogens is 3. The topological polar surface area (TPSA) is 55.2 Å². The molecule has 0 unspecified atom stereocenters. The minimum absolute atomic E-state index is 0.706. The van der Waals surface area contributed by atoms with Gasteiger partial charge in [-0.25, -0.2) is 4.98 Å². The van der Waals surface area contributed by atoms with Crippen molar-refractivity contribution in [3.8, 4) is 0 Å². The number of hydrogen-bond acceptors (Lipinski definition) is 5. The molecule has 0 radical (unpaired) electrons. The number of hydrogen-bond donors (Lipinski definition) is 1. The van der Waals surface area contributed by atoms with Gasteiger partial charge >= 0.3 is 0 Å². The van der Waals surface area contributed by atoms with Gasteiger partial charge in [-0.3, -0.25) is 4.68 Å². The van der Waals surface area contributed by atoms with Crippen LogP contribution in [0.4, 0.5) is 11.5 Å². The smallest absolute Gasteiger partial charge is 0.126 e. The van der Waals surface area contributed by atoms with E-state index in [0.717, 1.165) is 36.7 Å². The van der Waals surface area contributed by atoms with Crippen molar-refractivity contribution in [2.45, 2.75) is 20.0 Å². The number of nitrogens with zero attached hydrogens (tertiary/aromatic N) is 4. The lowest BCUT2D eigenvalue weighted by Crippen LogP contribution is -2.22. The molecule has 2 aromatic heterocycles. The van der Waals surface area contributed by atoms with Crippen LogP contribution in [0.1, 0.15) is 12.5 Å². The number of pyridine rings is 1. The average molecular weight is 289 g/mol. The van der Waals surface area contributed by atoms with E-state index >= 15 is 0 Å². The Labute approximate surface area is 125 Å². The van der Waals surface area contributed by atoms with Gasteiger partial charge in [0.1, 0.15) is 5.82 Å². The molecule has 0 saturated carbocycles. The Balaban J connectivity index is 1.87. The zero-order valence-electron chi connectivity index (χ0n) is 12.9. The van der Waals surface area contributed by atoms with Crippen molar-refractivity contribution in [1.29, 1.82) is 0 Å². The molecule has 6 heteroatoms. The first kappa shape index (κ1) is 15.3. The number of rotatable bonds is 8. The van der Waals surface area contributed by atoms with Gasteiger partial charge in [0.2, 0.25) is 0 Å². The molecule has 1 N–H and O–H groups in total. The summed E-state index contributed by atoms with van der Waals surface area (Å²) in [5.74, 6) is 0.864. The van der Waals surface area contributed by atoms with Crippen LogP contribution in [-0.2, 0) is 17.8 Å². The van der Waals surface area contributed by atoms with Gasteiger partial charge in [0, 0.05) is 45.6 Å². The monoisotopic (exact) mass is 289 g/mol. The van der Waals surface area contributed by atoms with E-state index in [1.54, 1.807) is 7.11 Å². The van der Waals surface area contributed by atoms with Crippen LogP contribution >= 0.6 is 0 Å². The standard InChI is InChI=1S/C15H23N5O/c1-4-20-12-13(10-18-20)9-16-15-6-5-14(11-17-15)19(2)7-8-21-3/h5-6,10-12H,4,7-9H2,1-3H3,(H,16,17). The highest BCUT2D eigenvalue weighted by Crippen LogP contribution is 2.14. The summed E-state index contributed by atoms with van der Waals surface area (Å²) in [7, 11) is 3.74. The van der Waals surface area contributed by atoms with Crippen LogP contribution in [0.5, 0.6) is 0 Å². The van der Waals surface area contributed by atoms with E-state index in [9.17, 15) is 0 Å². The summed E-state index contributed by atoms with van der Waals surface area (Å²) in [6, 6.07) is 4.04. The van der Waals surface area contributed by atoms with Crippen LogP contribution in [0, 0.1) is 0 Å². The normalized spacial score (nSPS) is 10.6. The van der Waals surface area contributed by atoms with Gasteiger partial charge in [0.25, 0.3) is 0 Å². The molecule has 0 aromatic carbocycles. The van der Waals surface area contributed by atoms with Gasteiger partial charge in [0.15, 0.2) is 0 Å². The maximum atomic E-state index is 5.07. The summed E-state index contributed by atoms with van der Waals surface area (Å²) in [4.78, 5) is 6.55. The molecule has 2 rings (SSSR count). The molecule has 0 aliphatic rings. The molecule has 0 bridgehead atoms. The minimum atomic E-state index is 0.706. The lowest BCUT2D eigenvalue weighted by Gasteiger charge is -2.18. The van der Waals surface area contributed by atoms with E-state index in [4.69, 9.17) is 4.74 Å². The molecule has 0 atom stereocenters. The molecule has 0 amide bonds. The highest BCUT2D eigenvalue weighted by molar-refractivity contribution is 5.48. The molecule has 0 aliphatic carbocycles. The highest BCUT2D eigenvalue weighted by Gasteiger charge is 2.02. The molecule has 0 aliphatic heterocycles. The largest absolute Gasteiger partial charge is 0.383 e. The molecule has 0 saturated heterocycles. The number of methoxy groups -OCH3 is 1. The quantitative estimate of drug-likeness (QED) is 0.805. The Hall–Kier alpha value is -2.08. The van der Waals surface area contributed by atoms with E-state index in [1.807, 2.05) is 36.4 Å². The molecule has 21 heavy (non-hydrogen) atoms. The molecular formula is C15H23N5O. The van der Waals surface area contributed by atoms with Gasteiger partial charge in [-0.1, -0.05) is 0 Å². The van der Waals surface area contributed by atoms with E-state index in [-0.39, 0.29) is 0 Å². The molecule has 2 aromatic rings. The number of ether oxygens (including phenoxy) is 1. The third kappa shape index (κ3) is 4.46. The van der Waals surface area contributed by atoms with Crippen molar-refractivity contribution in [2.75, 3.05) is 37.5 Å². The molecule has 114 valence electrons. The zero-order valence-corrected chi connectivity index (χ0v) is 12.9. The maximum absolute atomic E-state index is 5.07. The maximum Gasteiger partial charge on any atom is 0.126 e. The molecule has 2 heterocycles. The Morgan fingerprint density at radius 3 is 2.81 bits per heavy atom. The van der Waals surface area contributed by atoms with Gasteiger partial charge in [-0.15, -0.1) is 0 Å². The second kappa shape index (κ2) is 7.64. The molecule has 6 nitrogen and oxygen atoms in total. The first-order valence-corrected chi connectivity index (χ1v) is 7.14. The summed E-state index contributed by atoms with van der Waals surface area (Å²) < 4.78 is 6.99. The second-order valence-electron chi connectivity index (χ2n) is 4.87. The minimum Gasteiger partial charge on any atom is -0.383 e. The predicted octanol–water partition coefficient (Wildman–Crippen LogP) is 1.99. The summed E-state index contributed by atoms with van der Waals surface area (Å²) in [6.07, 6.45) is 5.79. The Morgan fingerprint density at radius 1 is 1.33 bits per heavy atom. The van der Waals surface area contributed by atoms with E-state index < -0.39 is 0 Å². The first-order valence-electron chi connectivity index (χ1n) is 7.14. The number of nitrogens with one attached hydrogen (secondary N) is 1. The first-order chi connectivity index (χ1) is 10.2. The van der Waals surface area contributed by atoms with Crippen LogP contribution in [-0.4, -0.2) is 42.1 Å². The third-order valence-electron chi connectivity index (χ3n) is 3.30. The molecule has 0 spiro atoms. The van der Waals surface area contributed by atoms with Crippen molar-refractivity contribution in [3.05, 3.63) is 36.3 Å². The van der Waals surface area contributed by atoms with Gasteiger partial charge < -0.3 is 15.0 Å². The van der Waals surface area contributed by atoms with Crippen LogP contribution in [0.25, 0.3) is 0 Å². The van der Waals surface area contributed by atoms with Gasteiger partial charge in [-0.05, 0) is 19.1 Å². The van der Waals surface area contributed by atoms with Crippen LogP contribution in [0.3, 0.4) is 0 Å². The number of likely N-dealkylation sites (N-methyl/N-ethyl adjacent to an activating group) is 1. The Bertz CT molecular complexity index is 537. The average Bonchev–Trinajstić information content (AvgIpc) is 2.99. The number of aryl methyl sites for hydroxylation is 1. The van der Waals surface area contributed by atoms with E-state index in [1.165, 1.54) is 0 Å². The lowest BCUT2D eigenvalue weighted by molar-refractivity contribution is 0.206. The third-order valence-corrected chi connectivity index (χ3v) is 3.30. The Kier molecular flexibility index (Phi) is 5.57. The van der Waals surface area contributed by atoms with Gasteiger partial charge in [-0.2, -0.15) is 5.10 Å². The fourth-order valence-corrected chi connectivity index (χ4v) is 1.94. The van der Waals surface area contributed by atoms with Crippen molar-refractivity contribution in [2.24, 2.45) is 0 Å². The SMILES string of the molecule is CCn1cc(CNc2ccc(N(C)CCOC)cn2)cn1. The summed E-state index contributed by atoms with van der Waals surface area (Å²) in [5, 5.41) is 7.55. The Morgan fingerprint density at radius 2 is 2.19 bits per heavy atom. The van der Waals surface area contributed by atoms with Crippen molar-refractivity contribution in [3.63, 3.8) is 0 Å². The zero-order chi connectivity index (χ0) is 15.1. The lowest BCUT2D eigenvalue weighted by atomic mass is 10.3. The second-order valence-corrected chi connectivity index (χ2v) is 4.87. The van der Waals surface area contributed by atoms with Crippen molar-refractivity contribution in [1.82, 2.24) is 14.8 Å². The number of anilines is 2. The van der Waals surface area contributed by atoms with E-state index in [0.29, 0.717) is 6.61 Å². The highest BCUT2D eigenvalue weighted by atomic mass is 16.5.